The van der Waals surface area contributed by atoms with Gasteiger partial charge in [0.25, 0.3) is 0 Å². The summed E-state index contributed by atoms with van der Waals surface area (Å²) in [4.78, 5) is 24.3. The van der Waals surface area contributed by atoms with Crippen LogP contribution in [0.2, 0.25) is 4.34 Å². The fourth-order valence-corrected chi connectivity index (χ4v) is 3.25. The lowest BCUT2D eigenvalue weighted by atomic mass is 10.1. The Hall–Kier alpha value is -2.25. The van der Waals surface area contributed by atoms with Gasteiger partial charge in [0.2, 0.25) is 11.5 Å². The first kappa shape index (κ1) is 20.1. The van der Waals surface area contributed by atoms with Gasteiger partial charge in [-0.1, -0.05) is 11.6 Å². The zero-order chi connectivity index (χ0) is 19.1. The molecule has 2 aromatic rings. The average Bonchev–Trinajstić information content (AvgIpc) is 3.09. The lowest BCUT2D eigenvalue weighted by Gasteiger charge is -2.14. The zero-order valence-corrected chi connectivity index (χ0v) is 16.2. The lowest BCUT2D eigenvalue weighted by Crippen LogP contribution is -2.13. The Morgan fingerprint density at radius 1 is 1.04 bits per heavy atom. The van der Waals surface area contributed by atoms with E-state index in [9.17, 15) is 9.59 Å². The van der Waals surface area contributed by atoms with Gasteiger partial charge in [-0.15, -0.1) is 11.3 Å². The number of esters is 1. The van der Waals surface area contributed by atoms with E-state index in [1.54, 1.807) is 24.3 Å². The minimum Gasteiger partial charge on any atom is -0.493 e. The molecule has 0 spiro atoms. The van der Waals surface area contributed by atoms with E-state index in [2.05, 4.69) is 0 Å². The quantitative estimate of drug-likeness (QED) is 0.472. The molecule has 0 aliphatic heterocycles. The molecule has 0 saturated heterocycles. The topological polar surface area (TPSA) is 71.1 Å². The van der Waals surface area contributed by atoms with Gasteiger partial charge in [-0.3, -0.25) is 9.59 Å². The average molecular weight is 399 g/mol. The van der Waals surface area contributed by atoms with Crippen LogP contribution < -0.4 is 14.2 Å². The highest BCUT2D eigenvalue weighted by Gasteiger charge is 2.15. The van der Waals surface area contributed by atoms with Gasteiger partial charge >= 0.3 is 5.97 Å². The van der Waals surface area contributed by atoms with Crippen molar-refractivity contribution in [3.8, 4) is 17.2 Å². The Bertz CT molecular complexity index is 761. The fraction of sp³-hybridized carbons (Fsp3) is 0.333. The molecule has 1 heterocycles. The Labute approximate surface area is 160 Å². The number of ketones is 1. The smallest absolute Gasteiger partial charge is 0.306 e. The first-order chi connectivity index (χ1) is 12.5. The van der Waals surface area contributed by atoms with Crippen LogP contribution >= 0.6 is 22.9 Å². The van der Waals surface area contributed by atoms with Gasteiger partial charge in [-0.05, 0) is 36.2 Å². The van der Waals surface area contributed by atoms with E-state index in [-0.39, 0.29) is 18.8 Å². The summed E-state index contributed by atoms with van der Waals surface area (Å²) in [5.41, 5.74) is 0.827. The number of carbonyl (C=O) groups excluding carboxylic acids is 2. The van der Waals surface area contributed by atoms with Gasteiger partial charge in [0.15, 0.2) is 18.1 Å². The molecular weight excluding hydrogens is 380 g/mol. The highest BCUT2D eigenvalue weighted by Crippen LogP contribution is 2.38. The summed E-state index contributed by atoms with van der Waals surface area (Å²) < 4.78 is 21.4. The van der Waals surface area contributed by atoms with Gasteiger partial charge in [0.1, 0.15) is 0 Å². The third kappa shape index (κ3) is 5.12. The normalized spacial score (nSPS) is 10.3. The summed E-state index contributed by atoms with van der Waals surface area (Å²) in [6, 6.07) is 6.78. The van der Waals surface area contributed by atoms with Crippen molar-refractivity contribution in [2.45, 2.75) is 12.8 Å². The summed E-state index contributed by atoms with van der Waals surface area (Å²) in [5, 5.41) is 0. The molecule has 0 aliphatic carbocycles. The third-order valence-corrected chi connectivity index (χ3v) is 4.83. The Kier molecular flexibility index (Phi) is 7.29. The standard InChI is InChI=1S/C18H19ClO6S/c1-22-13-8-11(9-14(23-2)18(13)24-3)4-7-17(21)25-10-12(20)15-5-6-16(19)26-15/h5-6,8-9H,4,7,10H2,1-3H3. The van der Waals surface area contributed by atoms with Crippen LogP contribution in [0, 0.1) is 0 Å². The van der Waals surface area contributed by atoms with E-state index in [4.69, 9.17) is 30.5 Å². The van der Waals surface area contributed by atoms with Gasteiger partial charge in [-0.25, -0.2) is 0 Å². The predicted octanol–water partition coefficient (Wildman–Crippen LogP) is 3.79. The van der Waals surface area contributed by atoms with Crippen molar-refractivity contribution in [2.75, 3.05) is 27.9 Å². The number of thiophene rings is 1. The number of Topliss-reactive ketones (excluding diaryl/α,β-unsaturated/α-hetero) is 1. The molecule has 0 saturated carbocycles. The first-order valence-electron chi connectivity index (χ1n) is 7.71. The summed E-state index contributed by atoms with van der Waals surface area (Å²) in [5.74, 6) is 0.777. The number of halogens is 1. The minimum atomic E-state index is -0.463. The van der Waals surface area contributed by atoms with E-state index < -0.39 is 5.97 Å². The molecule has 0 bridgehead atoms. The largest absolute Gasteiger partial charge is 0.493 e. The molecule has 0 unspecified atom stereocenters. The predicted molar refractivity (Wildman–Crippen MR) is 99.0 cm³/mol. The van der Waals surface area contributed by atoms with E-state index in [1.807, 2.05) is 0 Å². The second-order valence-electron chi connectivity index (χ2n) is 5.22. The minimum absolute atomic E-state index is 0.122. The summed E-state index contributed by atoms with van der Waals surface area (Å²) in [7, 11) is 4.57. The van der Waals surface area contributed by atoms with Crippen LogP contribution in [-0.2, 0) is 16.0 Å². The van der Waals surface area contributed by atoms with E-state index >= 15 is 0 Å². The van der Waals surface area contributed by atoms with Crippen LogP contribution in [0.15, 0.2) is 24.3 Å². The van der Waals surface area contributed by atoms with E-state index in [1.165, 1.54) is 21.3 Å². The van der Waals surface area contributed by atoms with Crippen LogP contribution in [0.5, 0.6) is 17.2 Å². The Morgan fingerprint density at radius 3 is 2.19 bits per heavy atom. The van der Waals surface area contributed by atoms with Gasteiger partial charge in [-0.2, -0.15) is 0 Å². The SMILES string of the molecule is COc1cc(CCC(=O)OCC(=O)c2ccc(Cl)s2)cc(OC)c1OC. The summed E-state index contributed by atoms with van der Waals surface area (Å²) in [6.07, 6.45) is 0.533. The number of ether oxygens (including phenoxy) is 4. The van der Waals surface area contributed by atoms with Gasteiger partial charge in [0, 0.05) is 6.42 Å². The summed E-state index contributed by atoms with van der Waals surface area (Å²) in [6.45, 7) is -0.301. The Balaban J connectivity index is 1.91. The maximum atomic E-state index is 11.9. The van der Waals surface area contributed by atoms with Crippen molar-refractivity contribution in [1.29, 1.82) is 0 Å². The summed E-state index contributed by atoms with van der Waals surface area (Å²) >= 11 is 6.94. The second-order valence-corrected chi connectivity index (χ2v) is 6.94. The zero-order valence-electron chi connectivity index (χ0n) is 14.7. The number of methoxy groups -OCH3 is 3. The molecule has 1 aromatic heterocycles. The number of hydrogen-bond acceptors (Lipinski definition) is 7. The van der Waals surface area contributed by atoms with E-state index in [0.29, 0.717) is 32.9 Å². The van der Waals surface area contributed by atoms with Crippen LogP contribution in [-0.4, -0.2) is 39.7 Å². The molecule has 0 aliphatic rings. The van der Waals surface area contributed by atoms with Crippen molar-refractivity contribution in [3.63, 3.8) is 0 Å². The third-order valence-electron chi connectivity index (χ3n) is 3.55. The molecule has 6 nitrogen and oxygen atoms in total. The van der Waals surface area contributed by atoms with Crippen LogP contribution in [0.4, 0.5) is 0 Å². The molecule has 0 radical (unpaired) electrons. The molecule has 0 atom stereocenters. The van der Waals surface area contributed by atoms with Crippen molar-refractivity contribution in [3.05, 3.63) is 39.0 Å². The molecule has 0 amide bonds. The number of hydrogen-bond donors (Lipinski definition) is 0. The maximum absolute atomic E-state index is 11.9. The Morgan fingerprint density at radius 2 is 1.69 bits per heavy atom. The molecule has 8 heteroatoms. The molecule has 0 fully saturated rings. The molecular formula is C18H19ClO6S. The number of carbonyl (C=O) groups is 2. The van der Waals surface area contributed by atoms with Crippen LogP contribution in [0.25, 0.3) is 0 Å². The number of benzene rings is 1. The molecule has 1 aromatic carbocycles. The van der Waals surface area contributed by atoms with Gasteiger partial charge < -0.3 is 18.9 Å². The molecule has 0 N–H and O–H groups in total. The highest BCUT2D eigenvalue weighted by molar-refractivity contribution is 7.18. The van der Waals surface area contributed by atoms with Crippen molar-refractivity contribution >= 4 is 34.7 Å². The second kappa shape index (κ2) is 9.45. The molecule has 26 heavy (non-hydrogen) atoms. The number of aryl methyl sites for hydroxylation is 1. The van der Waals surface area contributed by atoms with E-state index in [0.717, 1.165) is 16.9 Å². The number of rotatable bonds is 9. The van der Waals surface area contributed by atoms with Crippen molar-refractivity contribution in [1.82, 2.24) is 0 Å². The van der Waals surface area contributed by atoms with Crippen LogP contribution in [0.3, 0.4) is 0 Å². The first-order valence-corrected chi connectivity index (χ1v) is 8.91. The van der Waals surface area contributed by atoms with Crippen molar-refractivity contribution in [2.24, 2.45) is 0 Å². The van der Waals surface area contributed by atoms with Crippen molar-refractivity contribution < 1.29 is 28.5 Å². The fourth-order valence-electron chi connectivity index (χ4n) is 2.28. The molecule has 2 rings (SSSR count). The lowest BCUT2D eigenvalue weighted by molar-refractivity contribution is -0.142. The highest BCUT2D eigenvalue weighted by atomic mass is 35.5. The van der Waals surface area contributed by atoms with Gasteiger partial charge in [0.05, 0.1) is 30.5 Å². The maximum Gasteiger partial charge on any atom is 0.306 e. The molecule has 140 valence electrons. The van der Waals surface area contributed by atoms with Crippen LogP contribution in [0.1, 0.15) is 21.7 Å². The monoisotopic (exact) mass is 398 g/mol.